The molecule has 33 heavy (non-hydrogen) atoms. The number of aromatic nitrogens is 4. The smallest absolute Gasteiger partial charge is 0.269 e. The number of rotatable bonds is 6. The summed E-state index contributed by atoms with van der Waals surface area (Å²) in [5.41, 5.74) is 1.27. The van der Waals surface area contributed by atoms with Gasteiger partial charge >= 0.3 is 0 Å². The Balaban J connectivity index is 1.66. The maximum Gasteiger partial charge on any atom is 0.269 e. The molecule has 2 N–H and O–H groups in total. The van der Waals surface area contributed by atoms with Crippen molar-refractivity contribution in [3.05, 3.63) is 79.9 Å². The number of nitrogens with zero attached hydrogens (tertiary/aromatic N) is 3. The predicted octanol–water partition coefficient (Wildman–Crippen LogP) is 3.44. The fourth-order valence-electron chi connectivity index (χ4n) is 3.17. The molecule has 168 valence electrons. The Labute approximate surface area is 198 Å². The van der Waals surface area contributed by atoms with E-state index in [4.69, 9.17) is 33.3 Å². The molecule has 0 aliphatic carbocycles. The summed E-state index contributed by atoms with van der Waals surface area (Å²) in [6.07, 6.45) is 1.39. The normalized spacial score (nSPS) is 10.8. The Morgan fingerprint density at radius 2 is 1.94 bits per heavy atom. The molecule has 2 aromatic carbocycles. The molecule has 2 heterocycles. The fourth-order valence-corrected chi connectivity index (χ4v) is 3.57. The van der Waals surface area contributed by atoms with Gasteiger partial charge in [0.25, 0.3) is 17.3 Å². The predicted molar refractivity (Wildman–Crippen MR) is 126 cm³/mol. The molecule has 0 saturated carbocycles. The number of aromatic amines is 1. The van der Waals surface area contributed by atoms with Crippen molar-refractivity contribution in [3.63, 3.8) is 0 Å². The minimum Gasteiger partial charge on any atom is -0.490 e. The number of carbonyl (C=O) groups is 1. The van der Waals surface area contributed by atoms with Crippen LogP contribution in [-0.2, 0) is 6.54 Å². The van der Waals surface area contributed by atoms with Gasteiger partial charge < -0.3 is 19.8 Å². The highest BCUT2D eigenvalue weighted by atomic mass is 35.5. The Bertz CT molecular complexity index is 1470. The summed E-state index contributed by atoms with van der Waals surface area (Å²) >= 11 is 11.3. The summed E-state index contributed by atoms with van der Waals surface area (Å²) in [6.45, 7) is 0.336. The van der Waals surface area contributed by atoms with Gasteiger partial charge in [-0.25, -0.2) is 9.55 Å². The Morgan fingerprint density at radius 1 is 1.18 bits per heavy atom. The molecule has 4 aromatic rings. The molecular formula is C22H18ClN5O4S. The van der Waals surface area contributed by atoms with Crippen molar-refractivity contribution in [2.75, 3.05) is 14.2 Å². The summed E-state index contributed by atoms with van der Waals surface area (Å²) < 4.78 is 11.5. The molecule has 0 aliphatic rings. The SMILES string of the molecule is COc1cnc(-n2c(=S)[nH]c3cc(C(=O)NCc4ccc(Cl)cc4)ccc3c2=O)nc1OC. The number of methoxy groups -OCH3 is 2. The molecule has 0 bridgehead atoms. The maximum absolute atomic E-state index is 13.1. The highest BCUT2D eigenvalue weighted by Crippen LogP contribution is 2.23. The van der Waals surface area contributed by atoms with Crippen molar-refractivity contribution in [1.82, 2.24) is 24.8 Å². The van der Waals surface area contributed by atoms with Gasteiger partial charge in [0, 0.05) is 17.1 Å². The first kappa shape index (κ1) is 22.4. The number of amides is 1. The van der Waals surface area contributed by atoms with Crippen molar-refractivity contribution in [1.29, 1.82) is 0 Å². The van der Waals surface area contributed by atoms with E-state index in [1.165, 1.54) is 20.4 Å². The third-order valence-corrected chi connectivity index (χ3v) is 5.39. The Hall–Kier alpha value is -3.76. The Kier molecular flexibility index (Phi) is 6.38. The molecule has 0 radical (unpaired) electrons. The molecule has 1 amide bonds. The summed E-state index contributed by atoms with van der Waals surface area (Å²) in [4.78, 5) is 37.1. The van der Waals surface area contributed by atoms with E-state index in [1.807, 2.05) is 12.1 Å². The lowest BCUT2D eigenvalue weighted by molar-refractivity contribution is 0.0951. The quantitative estimate of drug-likeness (QED) is 0.404. The number of H-pyrrole nitrogens is 1. The van der Waals surface area contributed by atoms with Crippen LogP contribution in [0.2, 0.25) is 5.02 Å². The first-order valence-electron chi connectivity index (χ1n) is 9.68. The van der Waals surface area contributed by atoms with Gasteiger partial charge in [-0.2, -0.15) is 4.98 Å². The second-order valence-electron chi connectivity index (χ2n) is 6.89. The third kappa shape index (κ3) is 4.57. The molecule has 11 heteroatoms. The number of ether oxygens (including phenoxy) is 2. The number of fused-ring (bicyclic) bond motifs is 1. The van der Waals surface area contributed by atoms with Gasteiger partial charge in [-0.05, 0) is 48.1 Å². The van der Waals surface area contributed by atoms with E-state index in [1.54, 1.807) is 30.3 Å². The molecule has 0 unspecified atom stereocenters. The van der Waals surface area contributed by atoms with Gasteiger partial charge in [0.1, 0.15) is 0 Å². The highest BCUT2D eigenvalue weighted by Gasteiger charge is 2.15. The molecule has 0 spiro atoms. The van der Waals surface area contributed by atoms with Gasteiger partial charge in [-0.15, -0.1) is 0 Å². The van der Waals surface area contributed by atoms with Crippen LogP contribution in [0, 0.1) is 4.77 Å². The van der Waals surface area contributed by atoms with Crippen molar-refractivity contribution in [3.8, 4) is 17.6 Å². The second kappa shape index (κ2) is 9.39. The van der Waals surface area contributed by atoms with E-state index in [0.717, 1.165) is 10.1 Å². The molecule has 0 atom stereocenters. The van der Waals surface area contributed by atoms with Crippen molar-refractivity contribution < 1.29 is 14.3 Å². The van der Waals surface area contributed by atoms with Gasteiger partial charge in [-0.1, -0.05) is 23.7 Å². The highest BCUT2D eigenvalue weighted by molar-refractivity contribution is 7.71. The summed E-state index contributed by atoms with van der Waals surface area (Å²) in [6, 6.07) is 11.9. The second-order valence-corrected chi connectivity index (χ2v) is 7.71. The lowest BCUT2D eigenvalue weighted by Gasteiger charge is -2.10. The first-order chi connectivity index (χ1) is 15.9. The van der Waals surface area contributed by atoms with Crippen LogP contribution in [0.25, 0.3) is 16.9 Å². The van der Waals surface area contributed by atoms with Crippen LogP contribution in [0.5, 0.6) is 11.6 Å². The van der Waals surface area contributed by atoms with Crippen LogP contribution in [0.3, 0.4) is 0 Å². The molecule has 2 aromatic heterocycles. The van der Waals surface area contributed by atoms with Gasteiger partial charge in [0.05, 0.1) is 31.3 Å². The first-order valence-corrected chi connectivity index (χ1v) is 10.5. The summed E-state index contributed by atoms with van der Waals surface area (Å²) in [7, 11) is 2.89. The monoisotopic (exact) mass is 483 g/mol. The molecule has 0 fully saturated rings. The third-order valence-electron chi connectivity index (χ3n) is 4.85. The van der Waals surface area contributed by atoms with Crippen molar-refractivity contribution in [2.24, 2.45) is 0 Å². The van der Waals surface area contributed by atoms with Gasteiger partial charge in [-0.3, -0.25) is 9.59 Å². The summed E-state index contributed by atoms with van der Waals surface area (Å²) in [5.74, 6) is 0.222. The molecule has 0 saturated heterocycles. The van der Waals surface area contributed by atoms with Crippen LogP contribution in [0.1, 0.15) is 15.9 Å². The Morgan fingerprint density at radius 3 is 2.64 bits per heavy atom. The number of benzene rings is 2. The van der Waals surface area contributed by atoms with E-state index in [-0.39, 0.29) is 22.5 Å². The van der Waals surface area contributed by atoms with Crippen LogP contribution in [-0.4, -0.2) is 39.6 Å². The van der Waals surface area contributed by atoms with E-state index in [0.29, 0.717) is 33.8 Å². The van der Waals surface area contributed by atoms with Crippen molar-refractivity contribution in [2.45, 2.75) is 6.54 Å². The molecule has 4 rings (SSSR count). The number of halogens is 1. The fraction of sp³-hybridized carbons (Fsp3) is 0.136. The molecule has 9 nitrogen and oxygen atoms in total. The molecule has 0 aliphatic heterocycles. The topological polar surface area (TPSA) is 111 Å². The maximum atomic E-state index is 13.1. The average Bonchev–Trinajstić information content (AvgIpc) is 2.83. The minimum atomic E-state index is -0.436. The lowest BCUT2D eigenvalue weighted by Crippen LogP contribution is -2.24. The van der Waals surface area contributed by atoms with Gasteiger partial charge in [0.15, 0.2) is 10.5 Å². The lowest BCUT2D eigenvalue weighted by atomic mass is 10.1. The minimum absolute atomic E-state index is 0.0329. The van der Waals surface area contributed by atoms with Crippen molar-refractivity contribution >= 4 is 40.6 Å². The number of nitrogens with one attached hydrogen (secondary N) is 2. The zero-order chi connectivity index (χ0) is 23.5. The molecular weight excluding hydrogens is 466 g/mol. The van der Waals surface area contributed by atoms with E-state index >= 15 is 0 Å². The number of hydrogen-bond donors (Lipinski definition) is 2. The van der Waals surface area contributed by atoms with E-state index in [9.17, 15) is 9.59 Å². The largest absolute Gasteiger partial charge is 0.490 e. The summed E-state index contributed by atoms with van der Waals surface area (Å²) in [5, 5.41) is 3.78. The van der Waals surface area contributed by atoms with Crippen LogP contribution < -0.4 is 20.3 Å². The zero-order valence-electron chi connectivity index (χ0n) is 17.6. The standard InChI is InChI=1S/C22H18ClN5O4S/c1-31-17-11-25-21(27-19(17)32-2)28-20(30)15-8-5-13(9-16(15)26-22(28)33)18(29)24-10-12-3-6-14(23)7-4-12/h3-9,11H,10H2,1-2H3,(H,24,29)(H,26,33). The number of hydrogen-bond acceptors (Lipinski definition) is 7. The van der Waals surface area contributed by atoms with Crippen LogP contribution in [0.4, 0.5) is 0 Å². The number of carbonyl (C=O) groups excluding carboxylic acids is 1. The van der Waals surface area contributed by atoms with E-state index < -0.39 is 5.56 Å². The van der Waals surface area contributed by atoms with Crippen LogP contribution in [0.15, 0.2) is 53.5 Å². The average molecular weight is 484 g/mol. The van der Waals surface area contributed by atoms with Crippen LogP contribution >= 0.6 is 23.8 Å². The van der Waals surface area contributed by atoms with Gasteiger partial charge in [0.2, 0.25) is 5.95 Å². The van der Waals surface area contributed by atoms with E-state index in [2.05, 4.69) is 20.3 Å². The zero-order valence-corrected chi connectivity index (χ0v) is 19.2.